The molecule has 1 aromatic carbocycles. The van der Waals surface area contributed by atoms with Crippen molar-refractivity contribution in [1.29, 1.82) is 0 Å². The summed E-state index contributed by atoms with van der Waals surface area (Å²) in [6.45, 7) is 3.63. The first-order valence-corrected chi connectivity index (χ1v) is 7.94. The molecule has 0 aliphatic carbocycles. The van der Waals surface area contributed by atoms with E-state index in [0.717, 1.165) is 0 Å². The fraction of sp³-hybridized carbons (Fsp3) is 0.118. The van der Waals surface area contributed by atoms with Crippen LogP contribution in [0, 0.1) is 13.8 Å². The minimum atomic E-state index is -0.161. The highest BCUT2D eigenvalue weighted by Crippen LogP contribution is 2.24. The van der Waals surface area contributed by atoms with Gasteiger partial charge in [-0.1, -0.05) is 24.3 Å². The quantitative estimate of drug-likeness (QED) is 0.781. The van der Waals surface area contributed by atoms with Crippen molar-refractivity contribution in [3.05, 3.63) is 64.1 Å². The molecule has 0 saturated carbocycles. The first-order valence-electron chi connectivity index (χ1n) is 7.06. The molecule has 1 N–H and O–H groups in total. The predicted molar refractivity (Wildman–Crippen MR) is 90.3 cm³/mol. The number of thiophene rings is 1. The third kappa shape index (κ3) is 3.54. The predicted octanol–water partition coefficient (Wildman–Crippen LogP) is 4.20. The zero-order valence-corrected chi connectivity index (χ0v) is 13.6. The number of hydrogen-bond acceptors (Lipinski definition) is 5. The number of nitrogens with one attached hydrogen (secondary N) is 1. The van der Waals surface area contributed by atoms with Crippen molar-refractivity contribution in [2.45, 2.75) is 13.8 Å². The normalized spacial score (nSPS) is 10.3. The Kier molecular flexibility index (Phi) is 4.34. The number of rotatable bonds is 4. The Hall–Kier alpha value is -2.73. The van der Waals surface area contributed by atoms with Crippen LogP contribution in [0.4, 0.5) is 5.69 Å². The summed E-state index contributed by atoms with van der Waals surface area (Å²) >= 11 is 1.39. The molecule has 0 aliphatic rings. The highest BCUT2D eigenvalue weighted by molar-refractivity contribution is 7.12. The van der Waals surface area contributed by atoms with Crippen LogP contribution in [0.5, 0.6) is 11.8 Å². The standard InChI is InChI=1S/C17H15N3O2S/c1-11-15(20-16(21)14-9-6-10-23-14)12(2)19-17(18-11)22-13-7-4-3-5-8-13/h3-10H,1-2H3,(H,20,21). The monoisotopic (exact) mass is 325 g/mol. The molecule has 0 unspecified atom stereocenters. The first kappa shape index (κ1) is 15.2. The molecule has 23 heavy (non-hydrogen) atoms. The van der Waals surface area contributed by atoms with Gasteiger partial charge in [0.2, 0.25) is 0 Å². The van der Waals surface area contributed by atoms with Crippen molar-refractivity contribution in [2.24, 2.45) is 0 Å². The van der Waals surface area contributed by atoms with Crippen molar-refractivity contribution in [2.75, 3.05) is 5.32 Å². The zero-order valence-electron chi connectivity index (χ0n) is 12.7. The van der Waals surface area contributed by atoms with E-state index in [9.17, 15) is 4.79 Å². The summed E-state index contributed by atoms with van der Waals surface area (Å²) in [5.41, 5.74) is 1.94. The molecule has 0 aliphatic heterocycles. The molecule has 0 radical (unpaired) electrons. The Labute approximate surface area is 138 Å². The van der Waals surface area contributed by atoms with E-state index in [1.165, 1.54) is 11.3 Å². The lowest BCUT2D eigenvalue weighted by Gasteiger charge is -2.12. The van der Waals surface area contributed by atoms with Crippen LogP contribution < -0.4 is 10.1 Å². The minimum absolute atomic E-state index is 0.161. The number of benzene rings is 1. The van der Waals surface area contributed by atoms with Crippen molar-refractivity contribution < 1.29 is 9.53 Å². The summed E-state index contributed by atoms with van der Waals surface area (Å²) < 4.78 is 5.64. The van der Waals surface area contributed by atoms with Gasteiger partial charge in [-0.2, -0.15) is 9.97 Å². The third-order valence-electron chi connectivity index (χ3n) is 3.19. The van der Waals surface area contributed by atoms with Crippen molar-refractivity contribution in [1.82, 2.24) is 9.97 Å². The van der Waals surface area contributed by atoms with Gasteiger partial charge in [-0.25, -0.2) is 0 Å². The molecule has 0 bridgehead atoms. The Morgan fingerprint density at radius 1 is 1.04 bits per heavy atom. The zero-order chi connectivity index (χ0) is 16.2. The van der Waals surface area contributed by atoms with Crippen molar-refractivity contribution in [3.63, 3.8) is 0 Å². The molecule has 2 heterocycles. The van der Waals surface area contributed by atoms with Crippen LogP contribution in [0.25, 0.3) is 0 Å². The van der Waals surface area contributed by atoms with Gasteiger partial charge >= 0.3 is 6.01 Å². The highest BCUT2D eigenvalue weighted by atomic mass is 32.1. The first-order chi connectivity index (χ1) is 11.1. The smallest absolute Gasteiger partial charge is 0.322 e. The lowest BCUT2D eigenvalue weighted by atomic mass is 10.2. The second-order valence-corrected chi connectivity index (χ2v) is 5.85. The van der Waals surface area contributed by atoms with Crippen LogP contribution >= 0.6 is 11.3 Å². The molecule has 3 rings (SSSR count). The molecule has 0 atom stereocenters. The van der Waals surface area contributed by atoms with E-state index in [-0.39, 0.29) is 11.9 Å². The molecule has 2 aromatic heterocycles. The van der Waals surface area contributed by atoms with Gasteiger partial charge in [0.1, 0.15) is 5.75 Å². The number of aromatic nitrogens is 2. The van der Waals surface area contributed by atoms with Crippen LogP contribution in [0.3, 0.4) is 0 Å². The van der Waals surface area contributed by atoms with Crippen LogP contribution in [-0.2, 0) is 0 Å². The number of carbonyl (C=O) groups is 1. The second kappa shape index (κ2) is 6.58. The summed E-state index contributed by atoms with van der Waals surface area (Å²) in [7, 11) is 0. The van der Waals surface area contributed by atoms with Crippen molar-refractivity contribution >= 4 is 22.9 Å². The molecule has 1 amide bonds. The van der Waals surface area contributed by atoms with Gasteiger partial charge < -0.3 is 10.1 Å². The minimum Gasteiger partial charge on any atom is -0.424 e. The van der Waals surface area contributed by atoms with E-state index >= 15 is 0 Å². The van der Waals surface area contributed by atoms with Crippen molar-refractivity contribution in [3.8, 4) is 11.8 Å². The van der Waals surface area contributed by atoms with E-state index in [0.29, 0.717) is 27.7 Å². The fourth-order valence-electron chi connectivity index (χ4n) is 2.09. The lowest BCUT2D eigenvalue weighted by molar-refractivity contribution is 0.103. The number of amides is 1. The van der Waals surface area contributed by atoms with Gasteiger partial charge in [0.15, 0.2) is 0 Å². The number of hydrogen-bond donors (Lipinski definition) is 1. The summed E-state index contributed by atoms with van der Waals surface area (Å²) in [6.07, 6.45) is 0. The van der Waals surface area contributed by atoms with Crippen LogP contribution in [-0.4, -0.2) is 15.9 Å². The third-order valence-corrected chi connectivity index (χ3v) is 4.05. The van der Waals surface area contributed by atoms with E-state index in [4.69, 9.17) is 4.74 Å². The number of para-hydroxylation sites is 1. The van der Waals surface area contributed by atoms with Gasteiger partial charge in [-0.05, 0) is 37.4 Å². The molecular weight excluding hydrogens is 310 g/mol. The average molecular weight is 325 g/mol. The Morgan fingerprint density at radius 2 is 1.74 bits per heavy atom. The van der Waals surface area contributed by atoms with Gasteiger partial charge in [0.25, 0.3) is 5.91 Å². The summed E-state index contributed by atoms with van der Waals surface area (Å²) in [5.74, 6) is 0.508. The number of carbonyl (C=O) groups excluding carboxylic acids is 1. The number of aryl methyl sites for hydroxylation is 2. The summed E-state index contributed by atoms with van der Waals surface area (Å²) in [5, 5.41) is 4.73. The molecule has 6 heteroatoms. The Bertz CT molecular complexity index is 794. The van der Waals surface area contributed by atoms with Gasteiger partial charge in [-0.3, -0.25) is 4.79 Å². The molecule has 0 spiro atoms. The maximum atomic E-state index is 12.2. The van der Waals surface area contributed by atoms with Crippen LogP contribution in [0.2, 0.25) is 0 Å². The average Bonchev–Trinajstić information content (AvgIpc) is 3.06. The molecule has 5 nitrogen and oxygen atoms in total. The summed E-state index contributed by atoms with van der Waals surface area (Å²) in [6, 6.07) is 13.2. The SMILES string of the molecule is Cc1nc(Oc2ccccc2)nc(C)c1NC(=O)c1cccs1. The molecular formula is C17H15N3O2S. The number of nitrogens with zero attached hydrogens (tertiary/aromatic N) is 2. The molecule has 0 fully saturated rings. The number of ether oxygens (including phenoxy) is 1. The second-order valence-electron chi connectivity index (χ2n) is 4.90. The fourth-order valence-corrected chi connectivity index (χ4v) is 2.71. The highest BCUT2D eigenvalue weighted by Gasteiger charge is 2.14. The molecule has 116 valence electrons. The van der Waals surface area contributed by atoms with Gasteiger partial charge in [-0.15, -0.1) is 11.3 Å². The van der Waals surface area contributed by atoms with E-state index < -0.39 is 0 Å². The van der Waals surface area contributed by atoms with E-state index in [2.05, 4.69) is 15.3 Å². The molecule has 0 saturated heterocycles. The summed E-state index contributed by atoms with van der Waals surface area (Å²) in [4.78, 5) is 21.5. The van der Waals surface area contributed by atoms with Crippen LogP contribution in [0.1, 0.15) is 21.1 Å². The van der Waals surface area contributed by atoms with E-state index in [1.54, 1.807) is 6.07 Å². The van der Waals surface area contributed by atoms with E-state index in [1.807, 2.05) is 55.6 Å². The van der Waals surface area contributed by atoms with Gasteiger partial charge in [0, 0.05) is 0 Å². The Balaban J connectivity index is 1.82. The Morgan fingerprint density at radius 3 is 2.35 bits per heavy atom. The maximum absolute atomic E-state index is 12.2. The maximum Gasteiger partial charge on any atom is 0.322 e. The van der Waals surface area contributed by atoms with Gasteiger partial charge in [0.05, 0.1) is 22.0 Å². The largest absolute Gasteiger partial charge is 0.424 e. The van der Waals surface area contributed by atoms with Crippen LogP contribution in [0.15, 0.2) is 47.8 Å². The number of anilines is 1. The molecule has 3 aromatic rings. The topological polar surface area (TPSA) is 64.1 Å². The lowest BCUT2D eigenvalue weighted by Crippen LogP contribution is -2.14.